The summed E-state index contributed by atoms with van der Waals surface area (Å²) in [5.74, 6) is -1.41. The van der Waals surface area contributed by atoms with E-state index in [1.165, 1.54) is 12.0 Å². The smallest absolute Gasteiger partial charge is 0.294 e. The molecule has 0 spiro atoms. The number of methoxy groups -OCH3 is 1. The minimum atomic E-state index is -0.914. The number of anilines is 1. The molecule has 1 N–H and O–H groups in total. The minimum absolute atomic E-state index is 0.00382. The van der Waals surface area contributed by atoms with Crippen molar-refractivity contribution in [3.05, 3.63) is 101 Å². The Kier molecular flexibility index (Phi) is 4.94. The first-order valence-electron chi connectivity index (χ1n) is 10.3. The average molecular weight is 440 g/mol. The van der Waals surface area contributed by atoms with Crippen LogP contribution in [-0.4, -0.2) is 28.9 Å². The molecule has 2 aromatic heterocycles. The highest BCUT2D eigenvalue weighted by molar-refractivity contribution is 6.20. The second-order valence-corrected chi connectivity index (χ2v) is 7.75. The number of carbonyl (C=O) groups excluding carboxylic acids is 2. The van der Waals surface area contributed by atoms with Crippen molar-refractivity contribution in [3.8, 4) is 5.75 Å². The molecule has 3 heterocycles. The summed E-state index contributed by atoms with van der Waals surface area (Å²) in [6.07, 6.45) is 1.58. The third-order valence-corrected chi connectivity index (χ3v) is 5.65. The van der Waals surface area contributed by atoms with Crippen molar-refractivity contribution < 1.29 is 23.8 Å². The van der Waals surface area contributed by atoms with E-state index in [2.05, 4.69) is 4.98 Å². The van der Waals surface area contributed by atoms with Gasteiger partial charge in [0, 0.05) is 17.3 Å². The van der Waals surface area contributed by atoms with Gasteiger partial charge in [-0.1, -0.05) is 30.3 Å². The van der Waals surface area contributed by atoms with Gasteiger partial charge in [-0.05, 0) is 48.9 Å². The van der Waals surface area contributed by atoms with Crippen molar-refractivity contribution in [2.45, 2.75) is 13.0 Å². The number of benzene rings is 2. The van der Waals surface area contributed by atoms with Gasteiger partial charge in [0.05, 0.1) is 18.4 Å². The Hall–Kier alpha value is -4.39. The number of pyridine rings is 1. The molecule has 0 bridgehead atoms. The molecule has 1 aliphatic heterocycles. The van der Waals surface area contributed by atoms with Crippen LogP contribution in [0.2, 0.25) is 0 Å². The third kappa shape index (κ3) is 3.34. The van der Waals surface area contributed by atoms with Crippen LogP contribution in [0.25, 0.3) is 11.0 Å². The second-order valence-electron chi connectivity index (χ2n) is 7.75. The van der Waals surface area contributed by atoms with Crippen molar-refractivity contribution in [1.29, 1.82) is 0 Å². The predicted octanol–water partition coefficient (Wildman–Crippen LogP) is 4.93. The molecule has 7 heteroatoms. The fourth-order valence-electron chi connectivity index (χ4n) is 4.14. The van der Waals surface area contributed by atoms with Crippen molar-refractivity contribution in [1.82, 2.24) is 4.98 Å². The summed E-state index contributed by atoms with van der Waals surface area (Å²) in [6.45, 7) is 1.90. The molecule has 2 aromatic carbocycles. The van der Waals surface area contributed by atoms with E-state index in [-0.39, 0.29) is 11.3 Å². The number of para-hydroxylation sites is 1. The molecule has 1 amide bonds. The van der Waals surface area contributed by atoms with Crippen molar-refractivity contribution >= 4 is 28.3 Å². The maximum absolute atomic E-state index is 13.6. The van der Waals surface area contributed by atoms with E-state index in [4.69, 9.17) is 9.15 Å². The van der Waals surface area contributed by atoms with Gasteiger partial charge in [-0.2, -0.15) is 0 Å². The average Bonchev–Trinajstić information content (AvgIpc) is 3.38. The largest absolute Gasteiger partial charge is 0.503 e. The molecule has 164 valence electrons. The van der Waals surface area contributed by atoms with Gasteiger partial charge in [-0.15, -0.1) is 0 Å². The van der Waals surface area contributed by atoms with Crippen LogP contribution in [0.1, 0.15) is 27.9 Å². The molecule has 0 radical (unpaired) electrons. The lowest BCUT2D eigenvalue weighted by molar-refractivity contribution is -0.117. The Balaban J connectivity index is 1.66. The lowest BCUT2D eigenvalue weighted by Gasteiger charge is -2.26. The Morgan fingerprint density at radius 2 is 1.91 bits per heavy atom. The van der Waals surface area contributed by atoms with Crippen LogP contribution in [0.15, 0.2) is 88.7 Å². The molecule has 1 unspecified atom stereocenters. The zero-order valence-corrected chi connectivity index (χ0v) is 18.0. The van der Waals surface area contributed by atoms with Crippen molar-refractivity contribution in [2.24, 2.45) is 0 Å². The summed E-state index contributed by atoms with van der Waals surface area (Å²) in [7, 11) is 1.51. The number of nitrogens with zero attached hydrogens (tertiary/aromatic N) is 2. The van der Waals surface area contributed by atoms with Gasteiger partial charge in [0.15, 0.2) is 22.9 Å². The zero-order valence-electron chi connectivity index (χ0n) is 18.0. The second kappa shape index (κ2) is 7.94. The lowest BCUT2D eigenvalue weighted by Crippen LogP contribution is -2.31. The van der Waals surface area contributed by atoms with Gasteiger partial charge in [0.2, 0.25) is 5.78 Å². The van der Waals surface area contributed by atoms with E-state index in [9.17, 15) is 14.7 Å². The highest BCUT2D eigenvalue weighted by Crippen LogP contribution is 2.42. The van der Waals surface area contributed by atoms with Gasteiger partial charge >= 0.3 is 0 Å². The maximum atomic E-state index is 13.6. The molecule has 33 heavy (non-hydrogen) atoms. The van der Waals surface area contributed by atoms with Gasteiger partial charge in [0.25, 0.3) is 5.91 Å². The predicted molar refractivity (Wildman–Crippen MR) is 122 cm³/mol. The lowest BCUT2D eigenvalue weighted by atomic mass is 9.98. The van der Waals surface area contributed by atoms with E-state index < -0.39 is 23.5 Å². The van der Waals surface area contributed by atoms with E-state index in [0.717, 1.165) is 5.56 Å². The summed E-state index contributed by atoms with van der Waals surface area (Å²) in [5.41, 5.74) is 2.27. The highest BCUT2D eigenvalue weighted by Gasteiger charge is 2.46. The van der Waals surface area contributed by atoms with E-state index in [1.54, 1.807) is 54.7 Å². The topological polar surface area (TPSA) is 92.9 Å². The summed E-state index contributed by atoms with van der Waals surface area (Å²) in [5, 5.41) is 11.5. The Labute approximate surface area is 189 Å². The number of aliphatic hydroxyl groups excluding tert-OH is 1. The van der Waals surface area contributed by atoms with E-state index in [1.807, 2.05) is 25.1 Å². The SMILES string of the molecule is COc1cccc2cc(C(=O)C3=C(O)C(=O)N(c4cccc(C)c4)C3c3ccccn3)oc12. The number of amides is 1. The minimum Gasteiger partial charge on any atom is -0.503 e. The molecule has 0 fully saturated rings. The first kappa shape index (κ1) is 20.5. The maximum Gasteiger partial charge on any atom is 0.294 e. The number of carbonyl (C=O) groups is 2. The molecule has 0 saturated heterocycles. The van der Waals surface area contributed by atoms with Crippen LogP contribution in [0.3, 0.4) is 0 Å². The summed E-state index contributed by atoms with van der Waals surface area (Å²) >= 11 is 0. The van der Waals surface area contributed by atoms with Gasteiger partial charge < -0.3 is 14.3 Å². The number of aliphatic hydroxyl groups is 1. The van der Waals surface area contributed by atoms with Crippen LogP contribution >= 0.6 is 0 Å². The molecule has 0 aliphatic carbocycles. The molecular weight excluding hydrogens is 420 g/mol. The highest BCUT2D eigenvalue weighted by atomic mass is 16.5. The normalized spacial score (nSPS) is 16.0. The summed E-state index contributed by atoms with van der Waals surface area (Å²) in [6, 6.07) is 18.5. The molecule has 5 rings (SSSR count). The number of fused-ring (bicyclic) bond motifs is 1. The quantitative estimate of drug-likeness (QED) is 0.443. The van der Waals surface area contributed by atoms with Gasteiger partial charge in [0.1, 0.15) is 6.04 Å². The van der Waals surface area contributed by atoms with Gasteiger partial charge in [-0.3, -0.25) is 19.5 Å². The van der Waals surface area contributed by atoms with Crippen molar-refractivity contribution in [2.75, 3.05) is 12.0 Å². The Morgan fingerprint density at radius 3 is 2.64 bits per heavy atom. The molecule has 7 nitrogen and oxygen atoms in total. The number of rotatable bonds is 5. The number of hydrogen-bond donors (Lipinski definition) is 1. The standard InChI is InChI=1S/C26H20N2O5/c1-15-7-5-9-17(13-15)28-22(18-10-3-4-12-27-18)21(24(30)26(28)31)23(29)20-14-16-8-6-11-19(32-2)25(16)33-20/h3-14,22,30H,1-2H3. The number of aromatic nitrogens is 1. The monoisotopic (exact) mass is 440 g/mol. The number of furan rings is 1. The molecule has 4 aromatic rings. The third-order valence-electron chi connectivity index (χ3n) is 5.65. The fourth-order valence-corrected chi connectivity index (χ4v) is 4.14. The van der Waals surface area contributed by atoms with Crippen LogP contribution in [0.4, 0.5) is 5.69 Å². The Morgan fingerprint density at radius 1 is 1.09 bits per heavy atom. The number of ketones is 1. The molecule has 1 atom stereocenters. The number of Topliss-reactive ketones (excluding diaryl/α,β-unsaturated/α-hetero) is 1. The van der Waals surface area contributed by atoms with Crippen LogP contribution in [0, 0.1) is 6.92 Å². The van der Waals surface area contributed by atoms with Crippen molar-refractivity contribution in [3.63, 3.8) is 0 Å². The van der Waals surface area contributed by atoms with Crippen LogP contribution in [-0.2, 0) is 4.79 Å². The molecular formula is C26H20N2O5. The summed E-state index contributed by atoms with van der Waals surface area (Å²) in [4.78, 5) is 32.6. The first-order chi connectivity index (χ1) is 16.0. The van der Waals surface area contributed by atoms with Crippen LogP contribution in [0.5, 0.6) is 5.75 Å². The number of hydrogen-bond acceptors (Lipinski definition) is 6. The van der Waals surface area contributed by atoms with E-state index >= 15 is 0 Å². The molecule has 1 aliphatic rings. The molecule has 0 saturated carbocycles. The zero-order chi connectivity index (χ0) is 23.1. The number of aryl methyl sites for hydroxylation is 1. The number of ether oxygens (including phenoxy) is 1. The fraction of sp³-hybridized carbons (Fsp3) is 0.115. The van der Waals surface area contributed by atoms with Gasteiger partial charge in [-0.25, -0.2) is 0 Å². The summed E-state index contributed by atoms with van der Waals surface area (Å²) < 4.78 is 11.1. The first-order valence-corrected chi connectivity index (χ1v) is 10.3. The van der Waals surface area contributed by atoms with Crippen LogP contribution < -0.4 is 9.64 Å². The Bertz CT molecular complexity index is 1420. The van der Waals surface area contributed by atoms with E-state index in [0.29, 0.717) is 28.1 Å².